The van der Waals surface area contributed by atoms with Crippen molar-refractivity contribution in [3.8, 4) is 0 Å². The van der Waals surface area contributed by atoms with Gasteiger partial charge in [0.2, 0.25) is 11.8 Å². The Morgan fingerprint density at radius 2 is 1.76 bits per heavy atom. The van der Waals surface area contributed by atoms with Gasteiger partial charge in [0.15, 0.2) is 0 Å². The van der Waals surface area contributed by atoms with Crippen LogP contribution in [0.15, 0.2) is 48.5 Å². The summed E-state index contributed by atoms with van der Waals surface area (Å²) in [5, 5.41) is 5.67. The van der Waals surface area contributed by atoms with Crippen LogP contribution in [0.25, 0.3) is 0 Å². The Morgan fingerprint density at radius 3 is 2.44 bits per heavy atom. The highest BCUT2D eigenvalue weighted by Gasteiger charge is 2.13. The zero-order valence-corrected chi connectivity index (χ0v) is 14.8. The molecule has 0 fully saturated rings. The molecule has 2 rings (SSSR count). The third kappa shape index (κ3) is 5.72. The van der Waals surface area contributed by atoms with Crippen LogP contribution in [0.5, 0.6) is 0 Å². The monoisotopic (exact) mass is 340 g/mol. The fraction of sp³-hybridized carbons (Fsp3) is 0.300. The van der Waals surface area contributed by atoms with Gasteiger partial charge in [-0.1, -0.05) is 43.3 Å². The molecule has 5 heteroatoms. The number of benzene rings is 2. The quantitative estimate of drug-likeness (QED) is 0.807. The second kappa shape index (κ2) is 8.99. The van der Waals surface area contributed by atoms with E-state index in [4.69, 9.17) is 4.74 Å². The van der Waals surface area contributed by atoms with E-state index >= 15 is 0 Å². The number of amides is 2. The number of nitrogens with one attached hydrogen (secondary N) is 2. The summed E-state index contributed by atoms with van der Waals surface area (Å²) in [6, 6.07) is 15.4. The van der Waals surface area contributed by atoms with Gasteiger partial charge in [-0.15, -0.1) is 0 Å². The van der Waals surface area contributed by atoms with Crippen LogP contribution >= 0.6 is 0 Å². The summed E-state index contributed by atoms with van der Waals surface area (Å²) in [6.07, 6.45) is 0.393. The van der Waals surface area contributed by atoms with Crippen molar-refractivity contribution in [1.29, 1.82) is 0 Å². The van der Waals surface area contributed by atoms with E-state index in [0.717, 1.165) is 11.1 Å². The Bertz CT molecular complexity index is 729. The van der Waals surface area contributed by atoms with Crippen LogP contribution in [-0.2, 0) is 14.3 Å². The maximum atomic E-state index is 12.4. The normalized spacial score (nSPS) is 11.6. The van der Waals surface area contributed by atoms with E-state index in [1.54, 1.807) is 12.1 Å². The van der Waals surface area contributed by atoms with Crippen molar-refractivity contribution in [3.05, 3.63) is 59.7 Å². The highest BCUT2D eigenvalue weighted by Crippen LogP contribution is 2.23. The Hall–Kier alpha value is -2.66. The molecule has 0 saturated carbocycles. The van der Waals surface area contributed by atoms with Crippen molar-refractivity contribution in [3.63, 3.8) is 0 Å². The largest absolute Gasteiger partial charge is 0.375 e. The minimum Gasteiger partial charge on any atom is -0.375 e. The molecule has 0 aromatic heterocycles. The molecule has 0 spiro atoms. The fourth-order valence-corrected chi connectivity index (χ4v) is 2.54. The average Bonchev–Trinajstić information content (AvgIpc) is 2.58. The standard InChI is InChI=1S/C20H24N2O3/c1-14-9-10-17(21-20(24)13-25-3)12-18(14)22-19(23)11-15(2)16-7-5-4-6-8-16/h4-10,12,15H,11,13H2,1-3H3,(H,21,24)(H,22,23)/t15-/m1/s1. The van der Waals surface area contributed by atoms with Crippen LogP contribution in [-0.4, -0.2) is 25.5 Å². The van der Waals surface area contributed by atoms with Gasteiger partial charge in [0.05, 0.1) is 0 Å². The number of carbonyl (C=O) groups excluding carboxylic acids is 2. The van der Waals surface area contributed by atoms with Gasteiger partial charge in [-0.3, -0.25) is 9.59 Å². The van der Waals surface area contributed by atoms with Crippen molar-refractivity contribution in [2.45, 2.75) is 26.2 Å². The third-order valence-electron chi connectivity index (χ3n) is 3.93. The summed E-state index contributed by atoms with van der Waals surface area (Å²) < 4.78 is 4.80. The highest BCUT2D eigenvalue weighted by molar-refractivity contribution is 5.95. The molecule has 0 bridgehead atoms. The van der Waals surface area contributed by atoms with E-state index in [2.05, 4.69) is 10.6 Å². The van der Waals surface area contributed by atoms with Crippen LogP contribution in [0.2, 0.25) is 0 Å². The van der Waals surface area contributed by atoms with Crippen LogP contribution in [0.4, 0.5) is 11.4 Å². The molecule has 2 aromatic carbocycles. The van der Waals surface area contributed by atoms with Crippen molar-refractivity contribution >= 4 is 23.2 Å². The lowest BCUT2D eigenvalue weighted by molar-refractivity contribution is -0.119. The summed E-state index contributed by atoms with van der Waals surface area (Å²) in [5.41, 5.74) is 3.39. The first-order chi connectivity index (χ1) is 12.0. The molecule has 2 amide bonds. The first-order valence-electron chi connectivity index (χ1n) is 8.24. The average molecular weight is 340 g/mol. The second-order valence-corrected chi connectivity index (χ2v) is 6.07. The lowest BCUT2D eigenvalue weighted by Crippen LogP contribution is -2.18. The topological polar surface area (TPSA) is 67.4 Å². The molecular formula is C20H24N2O3. The Labute approximate surface area is 148 Å². The molecule has 0 unspecified atom stereocenters. The summed E-state index contributed by atoms with van der Waals surface area (Å²) in [5.74, 6) is -0.160. The maximum absolute atomic E-state index is 12.4. The molecule has 0 heterocycles. The number of methoxy groups -OCH3 is 1. The third-order valence-corrected chi connectivity index (χ3v) is 3.93. The molecule has 132 valence electrons. The molecular weight excluding hydrogens is 316 g/mol. The second-order valence-electron chi connectivity index (χ2n) is 6.07. The van der Waals surface area contributed by atoms with E-state index < -0.39 is 0 Å². The van der Waals surface area contributed by atoms with Crippen LogP contribution in [0.3, 0.4) is 0 Å². The fourth-order valence-electron chi connectivity index (χ4n) is 2.54. The molecule has 2 N–H and O–H groups in total. The van der Waals surface area contributed by atoms with Crippen LogP contribution in [0, 0.1) is 6.92 Å². The van der Waals surface area contributed by atoms with Gasteiger partial charge in [0.1, 0.15) is 6.61 Å². The van der Waals surface area contributed by atoms with E-state index in [0.29, 0.717) is 17.8 Å². The smallest absolute Gasteiger partial charge is 0.250 e. The number of rotatable bonds is 7. The predicted molar refractivity (Wildman–Crippen MR) is 99.8 cm³/mol. The molecule has 0 radical (unpaired) electrons. The van der Waals surface area contributed by atoms with Gasteiger partial charge in [-0.25, -0.2) is 0 Å². The molecule has 5 nitrogen and oxygen atoms in total. The van der Waals surface area contributed by atoms with Gasteiger partial charge in [0, 0.05) is 24.9 Å². The van der Waals surface area contributed by atoms with Gasteiger partial charge in [-0.2, -0.15) is 0 Å². The van der Waals surface area contributed by atoms with Gasteiger partial charge >= 0.3 is 0 Å². The number of ether oxygens (including phenoxy) is 1. The van der Waals surface area contributed by atoms with E-state index in [1.807, 2.05) is 50.2 Å². The molecule has 2 aromatic rings. The number of carbonyl (C=O) groups is 2. The minimum atomic E-state index is -0.235. The Morgan fingerprint density at radius 1 is 1.04 bits per heavy atom. The molecule has 0 saturated heterocycles. The number of hydrogen-bond acceptors (Lipinski definition) is 3. The summed E-state index contributed by atoms with van der Waals surface area (Å²) in [4.78, 5) is 24.0. The van der Waals surface area contributed by atoms with Crippen molar-refractivity contribution < 1.29 is 14.3 Å². The zero-order valence-electron chi connectivity index (χ0n) is 14.8. The van der Waals surface area contributed by atoms with Crippen molar-refractivity contribution in [2.24, 2.45) is 0 Å². The lowest BCUT2D eigenvalue weighted by Gasteiger charge is -2.14. The van der Waals surface area contributed by atoms with Gasteiger partial charge < -0.3 is 15.4 Å². The highest BCUT2D eigenvalue weighted by atomic mass is 16.5. The van der Waals surface area contributed by atoms with E-state index in [9.17, 15) is 9.59 Å². The van der Waals surface area contributed by atoms with E-state index in [1.165, 1.54) is 7.11 Å². The predicted octanol–water partition coefficient (Wildman–Crippen LogP) is 3.71. The summed E-state index contributed by atoms with van der Waals surface area (Å²) in [6.45, 7) is 3.93. The van der Waals surface area contributed by atoms with E-state index in [-0.39, 0.29) is 24.3 Å². The zero-order chi connectivity index (χ0) is 18.2. The molecule has 1 atom stereocenters. The first-order valence-corrected chi connectivity index (χ1v) is 8.24. The van der Waals surface area contributed by atoms with Gasteiger partial charge in [-0.05, 0) is 36.1 Å². The molecule has 0 aliphatic heterocycles. The number of hydrogen-bond donors (Lipinski definition) is 2. The molecule has 25 heavy (non-hydrogen) atoms. The number of anilines is 2. The summed E-state index contributed by atoms with van der Waals surface area (Å²) >= 11 is 0. The van der Waals surface area contributed by atoms with Crippen molar-refractivity contribution in [2.75, 3.05) is 24.4 Å². The maximum Gasteiger partial charge on any atom is 0.250 e. The van der Waals surface area contributed by atoms with Gasteiger partial charge in [0.25, 0.3) is 0 Å². The van der Waals surface area contributed by atoms with Crippen molar-refractivity contribution in [1.82, 2.24) is 0 Å². The number of aryl methyl sites for hydroxylation is 1. The molecule has 0 aliphatic carbocycles. The molecule has 0 aliphatic rings. The lowest BCUT2D eigenvalue weighted by atomic mass is 9.97. The first kappa shape index (κ1) is 18.7. The Kier molecular flexibility index (Phi) is 6.71. The summed E-state index contributed by atoms with van der Waals surface area (Å²) in [7, 11) is 1.47. The van der Waals surface area contributed by atoms with Crippen LogP contribution in [0.1, 0.15) is 30.4 Å². The van der Waals surface area contributed by atoms with Crippen LogP contribution < -0.4 is 10.6 Å². The minimum absolute atomic E-state index is 0.00976. The SMILES string of the molecule is COCC(=O)Nc1ccc(C)c(NC(=O)C[C@@H](C)c2ccccc2)c1. The Balaban J connectivity index is 2.01.